The minimum Gasteiger partial charge on any atom is -0.494 e. The van der Waals surface area contributed by atoms with Gasteiger partial charge in [-0.2, -0.15) is 5.26 Å². The molecular formula is C26H27FN4O2. The highest BCUT2D eigenvalue weighted by molar-refractivity contribution is 5.98. The summed E-state index contributed by atoms with van der Waals surface area (Å²) in [6, 6.07) is 5.82. The molecule has 0 aliphatic carbocycles. The summed E-state index contributed by atoms with van der Waals surface area (Å²) in [5.74, 6) is -0.880. The van der Waals surface area contributed by atoms with Crippen LogP contribution < -0.4 is 10.1 Å². The summed E-state index contributed by atoms with van der Waals surface area (Å²) in [6.45, 7) is 3.69. The highest BCUT2D eigenvalue weighted by atomic mass is 19.1. The van der Waals surface area contributed by atoms with Crippen molar-refractivity contribution in [3.8, 4) is 11.8 Å². The van der Waals surface area contributed by atoms with Gasteiger partial charge in [-0.05, 0) is 63.8 Å². The maximum Gasteiger partial charge on any atom is 0.159 e. The molecule has 0 amide bonds. The Kier molecular flexibility index (Phi) is 6.09. The van der Waals surface area contributed by atoms with Crippen LogP contribution in [-0.2, 0) is 11.2 Å². The highest BCUT2D eigenvalue weighted by Crippen LogP contribution is 2.34. The fourth-order valence-electron chi connectivity index (χ4n) is 3.10. The van der Waals surface area contributed by atoms with Gasteiger partial charge in [0.2, 0.25) is 0 Å². The summed E-state index contributed by atoms with van der Waals surface area (Å²) in [5, 5.41) is 12.9. The Morgan fingerprint density at radius 1 is 1.42 bits per heavy atom. The molecule has 0 aliphatic heterocycles. The molecule has 0 atom stereocenters. The summed E-state index contributed by atoms with van der Waals surface area (Å²) in [6.07, 6.45) is 0.460. The number of nitriles is 1. The first kappa shape index (κ1) is 18.8. The van der Waals surface area contributed by atoms with Crippen LogP contribution in [0.15, 0.2) is 48.6 Å². The maximum atomic E-state index is 13.8. The van der Waals surface area contributed by atoms with Crippen LogP contribution >= 0.6 is 0 Å². The normalized spacial score (nSPS) is 13.2. The zero-order valence-corrected chi connectivity index (χ0v) is 19.0. The van der Waals surface area contributed by atoms with Gasteiger partial charge in [0.15, 0.2) is 5.78 Å². The van der Waals surface area contributed by atoms with E-state index in [9.17, 15) is 14.4 Å². The highest BCUT2D eigenvalue weighted by Gasteiger charge is 2.16. The molecule has 3 rings (SSSR count). The van der Waals surface area contributed by atoms with Crippen molar-refractivity contribution in [3.05, 3.63) is 71.1 Å². The number of carbonyl (C=O) groups is 1. The number of fused-ring (bicyclic) bond motifs is 1. The van der Waals surface area contributed by atoms with Crippen LogP contribution in [0.4, 0.5) is 15.8 Å². The van der Waals surface area contributed by atoms with Crippen molar-refractivity contribution in [2.24, 2.45) is 0 Å². The minimum atomic E-state index is -0.450. The number of carbonyl (C=O) groups excluding carboxylic acids is 1. The molecule has 0 spiro atoms. The van der Waals surface area contributed by atoms with Crippen molar-refractivity contribution in [3.63, 3.8) is 0 Å². The molecule has 0 unspecified atom stereocenters. The standard InChI is InChI=1S/C26H27FN4O2/c1-5-33-25-14-24-22(13-18(25)12-21(32)7-6-10-31(3)4)26(19(15-28)16-29-24)30-20-8-9-23(27)17(2)11-20/h6-9,11,13-14,16H,5,10,12H2,1-4H3,(H,29,30)/b7-6+/i6D,13D,14D,16D. The lowest BCUT2D eigenvalue weighted by molar-refractivity contribution is -0.114. The fourth-order valence-corrected chi connectivity index (χ4v) is 3.10. The number of nitrogens with one attached hydrogen (secondary N) is 1. The van der Waals surface area contributed by atoms with Crippen LogP contribution in [0.3, 0.4) is 0 Å². The lowest BCUT2D eigenvalue weighted by Gasteiger charge is -2.15. The molecule has 170 valence electrons. The van der Waals surface area contributed by atoms with Gasteiger partial charge in [-0.1, -0.05) is 6.05 Å². The number of hydrogen-bond donors (Lipinski definition) is 1. The Bertz CT molecular complexity index is 1450. The third kappa shape index (κ3) is 5.93. The number of likely N-dealkylation sites (N-methyl/N-ethyl adjacent to an activating group) is 1. The average molecular weight is 451 g/mol. The lowest BCUT2D eigenvalue weighted by atomic mass is 10.0. The third-order valence-electron chi connectivity index (χ3n) is 4.65. The maximum absolute atomic E-state index is 13.8. The van der Waals surface area contributed by atoms with Gasteiger partial charge >= 0.3 is 0 Å². The van der Waals surface area contributed by atoms with Crippen molar-refractivity contribution in [2.75, 3.05) is 32.6 Å². The number of halogens is 1. The summed E-state index contributed by atoms with van der Waals surface area (Å²) in [5.41, 5.74) is 0.719. The minimum absolute atomic E-state index is 0.0129. The number of benzene rings is 2. The van der Waals surface area contributed by atoms with Crippen LogP contribution in [0.25, 0.3) is 10.9 Å². The summed E-state index contributed by atoms with van der Waals surface area (Å²) >= 11 is 0. The van der Waals surface area contributed by atoms with Crippen LogP contribution in [0.2, 0.25) is 0 Å². The van der Waals surface area contributed by atoms with E-state index >= 15 is 0 Å². The second kappa shape index (κ2) is 10.7. The van der Waals surface area contributed by atoms with Gasteiger partial charge < -0.3 is 15.0 Å². The van der Waals surface area contributed by atoms with Crippen molar-refractivity contribution in [1.82, 2.24) is 9.88 Å². The second-order valence-corrected chi connectivity index (χ2v) is 7.62. The molecule has 7 heteroatoms. The number of ketones is 1. The first-order valence-corrected chi connectivity index (χ1v) is 10.4. The molecule has 0 fully saturated rings. The smallest absolute Gasteiger partial charge is 0.159 e. The number of rotatable bonds is 9. The van der Waals surface area contributed by atoms with E-state index in [0.29, 0.717) is 11.3 Å². The predicted octanol–water partition coefficient (Wildman–Crippen LogP) is 4.93. The van der Waals surface area contributed by atoms with E-state index in [1.807, 2.05) is 6.07 Å². The molecule has 1 heterocycles. The van der Waals surface area contributed by atoms with Crippen LogP contribution in [0.5, 0.6) is 5.75 Å². The fraction of sp³-hybridized carbons (Fsp3) is 0.269. The molecule has 0 aliphatic rings. The first-order chi connectivity index (χ1) is 17.5. The molecule has 2 aromatic carbocycles. The zero-order chi connectivity index (χ0) is 27.4. The number of anilines is 2. The van der Waals surface area contributed by atoms with Crippen LogP contribution in [0, 0.1) is 24.1 Å². The van der Waals surface area contributed by atoms with Gasteiger partial charge in [0.05, 0.1) is 28.9 Å². The van der Waals surface area contributed by atoms with E-state index in [1.54, 1.807) is 32.8 Å². The van der Waals surface area contributed by atoms with Crippen LogP contribution in [-0.4, -0.2) is 42.9 Å². The molecule has 3 aromatic rings. The summed E-state index contributed by atoms with van der Waals surface area (Å²) < 4.78 is 53.5. The van der Waals surface area contributed by atoms with Crippen molar-refractivity contribution in [1.29, 1.82) is 5.26 Å². The number of pyridine rings is 1. The Morgan fingerprint density at radius 3 is 2.88 bits per heavy atom. The van der Waals surface area contributed by atoms with E-state index in [4.69, 9.17) is 10.2 Å². The van der Waals surface area contributed by atoms with E-state index in [1.165, 1.54) is 24.3 Å². The average Bonchev–Trinajstić information content (AvgIpc) is 2.81. The lowest BCUT2D eigenvalue weighted by Crippen LogP contribution is -2.11. The van der Waals surface area contributed by atoms with Gasteiger partial charge in [0, 0.05) is 41.8 Å². The molecule has 0 saturated carbocycles. The number of aryl methyl sites for hydroxylation is 1. The third-order valence-corrected chi connectivity index (χ3v) is 4.65. The van der Waals surface area contributed by atoms with Gasteiger partial charge in [0.1, 0.15) is 17.6 Å². The quantitative estimate of drug-likeness (QED) is 0.466. The number of ether oxygens (including phenoxy) is 1. The molecule has 33 heavy (non-hydrogen) atoms. The molecule has 0 bridgehead atoms. The molecule has 0 saturated heterocycles. The van der Waals surface area contributed by atoms with Crippen molar-refractivity contribution >= 4 is 28.1 Å². The topological polar surface area (TPSA) is 78.2 Å². The van der Waals surface area contributed by atoms with Gasteiger partial charge in [0.25, 0.3) is 0 Å². The monoisotopic (exact) mass is 450 g/mol. The Balaban J connectivity index is 2.29. The van der Waals surface area contributed by atoms with E-state index < -0.39 is 17.8 Å². The molecular weight excluding hydrogens is 419 g/mol. The summed E-state index contributed by atoms with van der Waals surface area (Å²) in [7, 11) is 3.55. The molecule has 1 aromatic heterocycles. The molecule has 6 nitrogen and oxygen atoms in total. The Morgan fingerprint density at radius 2 is 2.21 bits per heavy atom. The number of hydrogen-bond acceptors (Lipinski definition) is 6. The Labute approximate surface area is 198 Å². The SMILES string of the molecule is [2H]/C(=C\C(=O)Cc1c(OCC)c([2H])c2nc([2H])c(C#N)c(Nc3ccc(F)c(C)c3)c2c1[2H])CN(C)C. The van der Waals surface area contributed by atoms with Crippen molar-refractivity contribution < 1.29 is 19.4 Å². The molecule has 1 N–H and O–H groups in total. The van der Waals surface area contributed by atoms with Crippen molar-refractivity contribution in [2.45, 2.75) is 20.3 Å². The largest absolute Gasteiger partial charge is 0.494 e. The first-order valence-electron chi connectivity index (χ1n) is 12.4. The number of allylic oxidation sites excluding steroid dienone is 1. The molecule has 0 radical (unpaired) electrons. The van der Waals surface area contributed by atoms with Gasteiger partial charge in [-0.3, -0.25) is 9.78 Å². The van der Waals surface area contributed by atoms with E-state index in [0.717, 1.165) is 0 Å². The van der Waals surface area contributed by atoms with E-state index in [-0.39, 0.29) is 71.2 Å². The van der Waals surface area contributed by atoms with Gasteiger partial charge in [-0.25, -0.2) is 4.39 Å². The Hall–Kier alpha value is -3.76. The predicted molar refractivity (Wildman–Crippen MR) is 128 cm³/mol. The zero-order valence-electron chi connectivity index (χ0n) is 23.0. The summed E-state index contributed by atoms with van der Waals surface area (Å²) in [4.78, 5) is 18.7. The number of aromatic nitrogens is 1. The van der Waals surface area contributed by atoms with Gasteiger partial charge in [-0.15, -0.1) is 0 Å². The second-order valence-electron chi connectivity index (χ2n) is 7.62. The number of nitrogens with zero attached hydrogens (tertiary/aromatic N) is 3. The van der Waals surface area contributed by atoms with Crippen LogP contribution in [0.1, 0.15) is 29.1 Å². The van der Waals surface area contributed by atoms with E-state index in [2.05, 4.69) is 10.3 Å².